The van der Waals surface area contributed by atoms with E-state index in [9.17, 15) is 18.0 Å². The summed E-state index contributed by atoms with van der Waals surface area (Å²) in [6.07, 6.45) is 0.476. The molecule has 0 saturated heterocycles. The Morgan fingerprint density at radius 3 is 2.57 bits per heavy atom. The molecule has 1 aliphatic rings. The number of nitrogens with zero attached hydrogens (tertiary/aromatic N) is 2. The first kappa shape index (κ1) is 20.7. The number of anilines is 2. The van der Waals surface area contributed by atoms with Gasteiger partial charge >= 0.3 is 0 Å². The number of benzene rings is 1. The van der Waals surface area contributed by atoms with E-state index in [1.807, 2.05) is 5.38 Å². The van der Waals surface area contributed by atoms with Crippen molar-refractivity contribution in [2.75, 3.05) is 17.2 Å². The molecule has 2 N–H and O–H groups in total. The molecule has 0 saturated carbocycles. The monoisotopic (exact) mass is 462 g/mol. The van der Waals surface area contributed by atoms with Crippen molar-refractivity contribution >= 4 is 55.3 Å². The van der Waals surface area contributed by atoms with Gasteiger partial charge in [-0.05, 0) is 35.7 Å². The molecule has 0 radical (unpaired) electrons. The highest BCUT2D eigenvalue weighted by molar-refractivity contribution is 7.89. The summed E-state index contributed by atoms with van der Waals surface area (Å²) in [7, 11) is -3.69. The highest BCUT2D eigenvalue weighted by Crippen LogP contribution is 2.31. The van der Waals surface area contributed by atoms with Crippen LogP contribution in [-0.2, 0) is 27.8 Å². The third-order valence-corrected chi connectivity index (χ3v) is 8.05. The van der Waals surface area contributed by atoms with Crippen molar-refractivity contribution in [2.45, 2.75) is 24.8 Å². The summed E-state index contributed by atoms with van der Waals surface area (Å²) in [5.74, 6) is -0.452. The molecular weight excluding hydrogens is 444 g/mol. The van der Waals surface area contributed by atoms with Crippen LogP contribution in [0.4, 0.5) is 10.8 Å². The Balaban J connectivity index is 1.48. The number of sulfonamides is 1. The topological polar surface area (TPSA) is 108 Å². The van der Waals surface area contributed by atoms with Crippen LogP contribution in [0.3, 0.4) is 0 Å². The fourth-order valence-electron chi connectivity index (χ4n) is 3.06. The maximum absolute atomic E-state index is 13.0. The summed E-state index contributed by atoms with van der Waals surface area (Å²) in [6.45, 7) is 1.91. The third-order valence-electron chi connectivity index (χ3n) is 4.51. The van der Waals surface area contributed by atoms with Crippen LogP contribution in [0.1, 0.15) is 27.9 Å². The molecule has 1 aliphatic heterocycles. The number of nitrogens with one attached hydrogen (secondary N) is 2. The smallest absolute Gasteiger partial charge is 0.258 e. The summed E-state index contributed by atoms with van der Waals surface area (Å²) < 4.78 is 27.5. The van der Waals surface area contributed by atoms with Crippen LogP contribution < -0.4 is 10.6 Å². The van der Waals surface area contributed by atoms with Crippen molar-refractivity contribution in [1.29, 1.82) is 0 Å². The molecule has 156 valence electrons. The van der Waals surface area contributed by atoms with Gasteiger partial charge in [0, 0.05) is 35.8 Å². The number of thiazole rings is 1. The van der Waals surface area contributed by atoms with Gasteiger partial charge in [0.2, 0.25) is 15.9 Å². The van der Waals surface area contributed by atoms with E-state index in [4.69, 9.17) is 0 Å². The lowest BCUT2D eigenvalue weighted by Crippen LogP contribution is -2.35. The number of carbonyl (C=O) groups excluding carboxylic acids is 2. The zero-order valence-corrected chi connectivity index (χ0v) is 18.4. The standard InChI is InChI=1S/C19H18N4O4S3/c1-12(24)20-14-2-4-15(5-3-14)30(26,27)23-8-6-16-17(10-23)29-19(21-16)22-18(25)13-7-9-28-11-13/h2-5,7,9,11H,6,8,10H2,1H3,(H,20,24)(H,21,22,25). The predicted molar refractivity (Wildman–Crippen MR) is 116 cm³/mol. The van der Waals surface area contributed by atoms with Crippen molar-refractivity contribution in [3.8, 4) is 0 Å². The van der Waals surface area contributed by atoms with Gasteiger partial charge in [0.05, 0.1) is 22.7 Å². The van der Waals surface area contributed by atoms with Crippen LogP contribution in [0.25, 0.3) is 0 Å². The minimum atomic E-state index is -3.69. The average molecular weight is 463 g/mol. The van der Waals surface area contributed by atoms with Crippen molar-refractivity contribution in [3.05, 3.63) is 57.2 Å². The van der Waals surface area contributed by atoms with E-state index in [0.29, 0.717) is 29.3 Å². The second-order valence-corrected chi connectivity index (χ2v) is 10.5. The molecular formula is C19H18N4O4S3. The van der Waals surface area contributed by atoms with Crippen LogP contribution in [0.2, 0.25) is 0 Å². The highest BCUT2D eigenvalue weighted by atomic mass is 32.2. The number of hydrogen-bond donors (Lipinski definition) is 2. The number of fused-ring (bicyclic) bond motifs is 1. The molecule has 1 aromatic carbocycles. The van der Waals surface area contributed by atoms with E-state index in [2.05, 4.69) is 15.6 Å². The number of hydrogen-bond acceptors (Lipinski definition) is 7. The molecule has 3 heterocycles. The van der Waals surface area contributed by atoms with E-state index in [1.165, 1.54) is 46.0 Å². The lowest BCUT2D eigenvalue weighted by molar-refractivity contribution is -0.114. The Kier molecular flexibility index (Phi) is 5.69. The summed E-state index contributed by atoms with van der Waals surface area (Å²) in [4.78, 5) is 28.8. The van der Waals surface area contributed by atoms with Gasteiger partial charge in [-0.2, -0.15) is 15.6 Å². The highest BCUT2D eigenvalue weighted by Gasteiger charge is 2.30. The molecule has 3 aromatic rings. The normalized spacial score (nSPS) is 14.2. The second-order valence-electron chi connectivity index (χ2n) is 6.65. The van der Waals surface area contributed by atoms with Crippen molar-refractivity contribution in [1.82, 2.24) is 9.29 Å². The molecule has 2 aromatic heterocycles. The first-order valence-electron chi connectivity index (χ1n) is 9.03. The largest absolute Gasteiger partial charge is 0.326 e. The average Bonchev–Trinajstić information content (AvgIpc) is 3.37. The number of amides is 2. The van der Waals surface area contributed by atoms with Crippen LogP contribution in [-0.4, -0.2) is 36.1 Å². The van der Waals surface area contributed by atoms with Gasteiger partial charge in [-0.1, -0.05) is 0 Å². The fourth-order valence-corrected chi connectivity index (χ4v) is 6.20. The zero-order valence-electron chi connectivity index (χ0n) is 15.9. The summed E-state index contributed by atoms with van der Waals surface area (Å²) in [5.41, 5.74) is 1.92. The lowest BCUT2D eigenvalue weighted by atomic mass is 10.2. The minimum absolute atomic E-state index is 0.163. The maximum Gasteiger partial charge on any atom is 0.258 e. The molecule has 4 rings (SSSR count). The van der Waals surface area contributed by atoms with Gasteiger partial charge in [0.15, 0.2) is 5.13 Å². The number of aromatic nitrogens is 1. The second kappa shape index (κ2) is 8.26. The molecule has 0 bridgehead atoms. The Labute approximate surface area is 181 Å². The third kappa shape index (κ3) is 4.29. The molecule has 0 unspecified atom stereocenters. The van der Waals surface area contributed by atoms with Crippen LogP contribution in [0.5, 0.6) is 0 Å². The molecule has 0 atom stereocenters. The number of carbonyl (C=O) groups is 2. The van der Waals surface area contributed by atoms with Crippen LogP contribution >= 0.6 is 22.7 Å². The lowest BCUT2D eigenvalue weighted by Gasteiger charge is -2.25. The number of rotatable bonds is 5. The maximum atomic E-state index is 13.0. The molecule has 8 nitrogen and oxygen atoms in total. The SMILES string of the molecule is CC(=O)Nc1ccc(S(=O)(=O)N2CCc3nc(NC(=O)c4ccsc4)sc3C2)cc1. The van der Waals surface area contributed by atoms with Gasteiger partial charge in [-0.15, -0.1) is 11.3 Å². The zero-order chi connectivity index (χ0) is 21.3. The van der Waals surface area contributed by atoms with Crippen molar-refractivity contribution in [3.63, 3.8) is 0 Å². The molecule has 0 spiro atoms. The molecule has 30 heavy (non-hydrogen) atoms. The van der Waals surface area contributed by atoms with Gasteiger partial charge in [-0.25, -0.2) is 13.4 Å². The summed E-state index contributed by atoms with van der Waals surface area (Å²) >= 11 is 2.73. The fraction of sp³-hybridized carbons (Fsp3) is 0.211. The van der Waals surface area contributed by atoms with Gasteiger partial charge < -0.3 is 5.32 Å². The summed E-state index contributed by atoms with van der Waals surface area (Å²) in [6, 6.07) is 7.83. The molecule has 2 amide bonds. The van der Waals surface area contributed by atoms with Crippen molar-refractivity contribution < 1.29 is 18.0 Å². The van der Waals surface area contributed by atoms with Crippen LogP contribution in [0.15, 0.2) is 46.0 Å². The van der Waals surface area contributed by atoms with Gasteiger partial charge in [0.1, 0.15) is 0 Å². The molecule has 0 fully saturated rings. The minimum Gasteiger partial charge on any atom is -0.326 e. The van der Waals surface area contributed by atoms with Crippen molar-refractivity contribution in [2.24, 2.45) is 0 Å². The predicted octanol–water partition coefficient (Wildman–Crippen LogP) is 3.16. The Bertz CT molecular complexity index is 1190. The first-order chi connectivity index (χ1) is 14.3. The summed E-state index contributed by atoms with van der Waals surface area (Å²) in [5, 5.41) is 9.45. The van der Waals surface area contributed by atoms with Crippen LogP contribution in [0, 0.1) is 0 Å². The van der Waals surface area contributed by atoms with Gasteiger partial charge in [-0.3, -0.25) is 14.9 Å². The Morgan fingerprint density at radius 1 is 1.13 bits per heavy atom. The molecule has 0 aliphatic carbocycles. The Morgan fingerprint density at radius 2 is 1.90 bits per heavy atom. The van der Waals surface area contributed by atoms with Gasteiger partial charge in [0.25, 0.3) is 5.91 Å². The Hall–Kier alpha value is -2.60. The van der Waals surface area contributed by atoms with E-state index < -0.39 is 10.0 Å². The van der Waals surface area contributed by atoms with E-state index in [1.54, 1.807) is 23.6 Å². The quantitative estimate of drug-likeness (QED) is 0.605. The molecule has 11 heteroatoms. The van der Waals surface area contributed by atoms with E-state index in [-0.39, 0.29) is 23.3 Å². The van der Waals surface area contributed by atoms with E-state index >= 15 is 0 Å². The first-order valence-corrected chi connectivity index (χ1v) is 12.2. The van der Waals surface area contributed by atoms with E-state index in [0.717, 1.165) is 10.6 Å². The number of thiophene rings is 1.